The largest absolute Gasteiger partial charge is 0.451 e. The van der Waals surface area contributed by atoms with Crippen molar-refractivity contribution in [2.45, 2.75) is 0 Å². The second kappa shape index (κ2) is 10.3. The molecule has 5 aromatic carbocycles. The Morgan fingerprint density at radius 3 is 1.05 bits per heavy atom. The van der Waals surface area contributed by atoms with Crippen molar-refractivity contribution in [3.05, 3.63) is 152 Å². The third-order valence-electron chi connectivity index (χ3n) is 6.12. The highest BCUT2D eigenvalue weighted by Gasteiger charge is 2.29. The molecule has 0 fully saturated rings. The van der Waals surface area contributed by atoms with E-state index in [1.807, 2.05) is 115 Å². The van der Waals surface area contributed by atoms with Gasteiger partial charge in [-0.3, -0.25) is 0 Å². The Morgan fingerprint density at radius 1 is 0.351 bits per heavy atom. The van der Waals surface area contributed by atoms with Gasteiger partial charge in [-0.25, -0.2) is 0 Å². The Bertz CT molecular complexity index is 1480. The molecule has 0 N–H and O–H groups in total. The van der Waals surface area contributed by atoms with Crippen molar-refractivity contribution in [1.82, 2.24) is 4.57 Å². The van der Waals surface area contributed by atoms with Crippen LogP contribution in [0.4, 0.5) is 0 Å². The van der Waals surface area contributed by atoms with E-state index in [1.54, 1.807) is 0 Å². The first-order valence-electron chi connectivity index (χ1n) is 12.3. The molecule has 0 bridgehead atoms. The van der Waals surface area contributed by atoms with E-state index in [9.17, 15) is 0 Å². The Morgan fingerprint density at radius 2 is 0.676 bits per heavy atom. The minimum absolute atomic E-state index is 0.656. The number of para-hydroxylation sites is 3. The normalized spacial score (nSPS) is 10.7. The molecule has 0 aliphatic heterocycles. The predicted octanol–water partition coefficient (Wildman–Crippen LogP) is 9.40. The molecule has 0 spiro atoms. The summed E-state index contributed by atoms with van der Waals surface area (Å²) in [5.41, 5.74) is 4.90. The van der Waals surface area contributed by atoms with Crippen LogP contribution < -0.4 is 9.47 Å². The standard InChI is InChI=1S/C34H25NO2/c1-6-16-26(17-7-1)31-33(36-29-22-12-4-13-23-29)34(37-30-24-14-5-15-25-30)32(27-18-8-2-9-19-27)35(31)28-20-10-3-11-21-28/h1-25H. The van der Waals surface area contributed by atoms with E-state index in [0.29, 0.717) is 11.5 Å². The van der Waals surface area contributed by atoms with Crippen molar-refractivity contribution in [3.63, 3.8) is 0 Å². The van der Waals surface area contributed by atoms with Crippen LogP contribution in [0, 0.1) is 0 Å². The minimum atomic E-state index is 0.656. The van der Waals surface area contributed by atoms with Crippen LogP contribution in [0.1, 0.15) is 0 Å². The van der Waals surface area contributed by atoms with Gasteiger partial charge >= 0.3 is 0 Å². The number of hydrogen-bond acceptors (Lipinski definition) is 2. The number of ether oxygens (including phenoxy) is 2. The summed E-state index contributed by atoms with van der Waals surface area (Å²) in [7, 11) is 0. The van der Waals surface area contributed by atoms with Crippen LogP contribution in [0.2, 0.25) is 0 Å². The molecule has 0 aliphatic rings. The molecule has 3 heteroatoms. The van der Waals surface area contributed by atoms with E-state index in [2.05, 4.69) is 41.0 Å². The van der Waals surface area contributed by atoms with Gasteiger partial charge in [-0.15, -0.1) is 0 Å². The molecular formula is C34H25NO2. The van der Waals surface area contributed by atoms with Crippen LogP contribution in [-0.2, 0) is 0 Å². The van der Waals surface area contributed by atoms with Crippen molar-refractivity contribution in [2.24, 2.45) is 0 Å². The molecule has 6 aromatic rings. The van der Waals surface area contributed by atoms with Crippen LogP contribution in [0.25, 0.3) is 28.2 Å². The summed E-state index contributed by atoms with van der Waals surface area (Å²) in [5.74, 6) is 2.79. The van der Waals surface area contributed by atoms with E-state index in [1.165, 1.54) is 0 Å². The second-order valence-electron chi connectivity index (χ2n) is 8.59. The highest BCUT2D eigenvalue weighted by atomic mass is 16.5. The zero-order valence-corrected chi connectivity index (χ0v) is 20.2. The van der Waals surface area contributed by atoms with Crippen molar-refractivity contribution in [2.75, 3.05) is 0 Å². The lowest BCUT2D eigenvalue weighted by atomic mass is 10.1. The third kappa shape index (κ3) is 4.63. The lowest BCUT2D eigenvalue weighted by molar-refractivity contribution is 0.424. The fourth-order valence-corrected chi connectivity index (χ4v) is 4.48. The second-order valence-corrected chi connectivity index (χ2v) is 8.59. The maximum atomic E-state index is 6.69. The first kappa shape index (κ1) is 22.4. The van der Waals surface area contributed by atoms with Gasteiger partial charge < -0.3 is 14.0 Å². The Hall–Kier alpha value is -5.02. The van der Waals surface area contributed by atoms with Crippen molar-refractivity contribution >= 4 is 0 Å². The zero-order chi connectivity index (χ0) is 24.9. The highest BCUT2D eigenvalue weighted by molar-refractivity contribution is 5.86. The molecule has 0 atom stereocenters. The Balaban J connectivity index is 1.72. The molecule has 178 valence electrons. The van der Waals surface area contributed by atoms with E-state index in [0.717, 1.165) is 39.7 Å². The molecule has 1 heterocycles. The Kier molecular flexibility index (Phi) is 6.25. The summed E-state index contributed by atoms with van der Waals surface area (Å²) in [6.07, 6.45) is 0. The summed E-state index contributed by atoms with van der Waals surface area (Å²) in [5, 5.41) is 0. The van der Waals surface area contributed by atoms with Crippen LogP contribution in [0.5, 0.6) is 23.0 Å². The topological polar surface area (TPSA) is 23.4 Å². The molecule has 3 nitrogen and oxygen atoms in total. The molecule has 0 amide bonds. The van der Waals surface area contributed by atoms with E-state index < -0.39 is 0 Å². The molecule has 0 unspecified atom stereocenters. The quantitative estimate of drug-likeness (QED) is 0.228. The monoisotopic (exact) mass is 479 g/mol. The van der Waals surface area contributed by atoms with Gasteiger partial charge in [-0.05, 0) is 36.4 Å². The van der Waals surface area contributed by atoms with Gasteiger partial charge in [0.2, 0.25) is 0 Å². The number of aromatic nitrogens is 1. The van der Waals surface area contributed by atoms with Crippen LogP contribution in [0.3, 0.4) is 0 Å². The van der Waals surface area contributed by atoms with Crippen LogP contribution in [0.15, 0.2) is 152 Å². The van der Waals surface area contributed by atoms with Crippen LogP contribution in [-0.4, -0.2) is 4.57 Å². The molecule has 1 aromatic heterocycles. The molecule has 0 saturated carbocycles. The highest BCUT2D eigenvalue weighted by Crippen LogP contribution is 2.52. The van der Waals surface area contributed by atoms with Gasteiger partial charge in [-0.1, -0.05) is 115 Å². The third-order valence-corrected chi connectivity index (χ3v) is 6.12. The average Bonchev–Trinajstić information content (AvgIpc) is 3.28. The smallest absolute Gasteiger partial charge is 0.196 e. The fourth-order valence-electron chi connectivity index (χ4n) is 4.48. The van der Waals surface area contributed by atoms with E-state index in [-0.39, 0.29) is 0 Å². The summed E-state index contributed by atoms with van der Waals surface area (Å²) < 4.78 is 15.6. The van der Waals surface area contributed by atoms with Crippen molar-refractivity contribution in [1.29, 1.82) is 0 Å². The summed E-state index contributed by atoms with van der Waals surface area (Å²) >= 11 is 0. The summed E-state index contributed by atoms with van der Waals surface area (Å²) in [6.45, 7) is 0. The van der Waals surface area contributed by atoms with Gasteiger partial charge in [0, 0.05) is 16.8 Å². The minimum Gasteiger partial charge on any atom is -0.451 e. The number of benzene rings is 5. The number of hydrogen-bond donors (Lipinski definition) is 0. The summed E-state index contributed by atoms with van der Waals surface area (Å²) in [4.78, 5) is 0. The van der Waals surface area contributed by atoms with Gasteiger partial charge in [-0.2, -0.15) is 0 Å². The SMILES string of the molecule is c1ccc(Oc2c(Oc3ccccc3)c(-c3ccccc3)n(-c3ccccc3)c2-c2ccccc2)cc1. The van der Waals surface area contributed by atoms with Gasteiger partial charge in [0.1, 0.15) is 22.9 Å². The molecule has 0 radical (unpaired) electrons. The molecule has 6 rings (SSSR count). The number of nitrogens with zero attached hydrogens (tertiary/aromatic N) is 1. The van der Waals surface area contributed by atoms with E-state index in [4.69, 9.17) is 9.47 Å². The van der Waals surface area contributed by atoms with Gasteiger partial charge in [0.15, 0.2) is 11.5 Å². The first-order chi connectivity index (χ1) is 18.4. The van der Waals surface area contributed by atoms with Crippen LogP contribution >= 0.6 is 0 Å². The molecule has 0 saturated heterocycles. The van der Waals surface area contributed by atoms with Crippen molar-refractivity contribution in [3.8, 4) is 51.2 Å². The van der Waals surface area contributed by atoms with Gasteiger partial charge in [0.05, 0.1) is 0 Å². The number of rotatable bonds is 7. The lowest BCUT2D eigenvalue weighted by Gasteiger charge is -2.14. The lowest BCUT2D eigenvalue weighted by Crippen LogP contribution is -2.00. The molecular weight excluding hydrogens is 454 g/mol. The Labute approximate surface area is 216 Å². The first-order valence-corrected chi connectivity index (χ1v) is 12.3. The average molecular weight is 480 g/mol. The zero-order valence-electron chi connectivity index (χ0n) is 20.2. The van der Waals surface area contributed by atoms with Crippen molar-refractivity contribution < 1.29 is 9.47 Å². The maximum absolute atomic E-state index is 6.69. The van der Waals surface area contributed by atoms with E-state index >= 15 is 0 Å². The maximum Gasteiger partial charge on any atom is 0.196 e. The molecule has 37 heavy (non-hydrogen) atoms. The molecule has 0 aliphatic carbocycles. The summed E-state index contributed by atoms with van der Waals surface area (Å²) in [6, 6.07) is 50.7. The predicted molar refractivity (Wildman–Crippen MR) is 150 cm³/mol. The van der Waals surface area contributed by atoms with Gasteiger partial charge in [0.25, 0.3) is 0 Å². The fraction of sp³-hybridized carbons (Fsp3) is 0.